The number of unbranched alkanes of at least 4 members (excludes halogenated alkanes) is 1. The van der Waals surface area contributed by atoms with Crippen LogP contribution in [0.1, 0.15) is 60.5 Å². The number of fused-ring (bicyclic) bond motifs is 1. The van der Waals surface area contributed by atoms with Gasteiger partial charge in [-0.25, -0.2) is 0 Å². The Bertz CT molecular complexity index is 379. The van der Waals surface area contributed by atoms with E-state index in [1.807, 2.05) is 6.07 Å². The second-order valence-corrected chi connectivity index (χ2v) is 4.72. The topological polar surface area (TPSA) is 17.1 Å². The van der Waals surface area contributed by atoms with Gasteiger partial charge in [-0.05, 0) is 49.3 Å². The molecule has 1 aromatic rings. The van der Waals surface area contributed by atoms with Crippen molar-refractivity contribution >= 4 is 5.78 Å². The summed E-state index contributed by atoms with van der Waals surface area (Å²) in [5, 5.41) is 0. The second kappa shape index (κ2) is 5.29. The van der Waals surface area contributed by atoms with Gasteiger partial charge < -0.3 is 0 Å². The quantitative estimate of drug-likeness (QED) is 0.697. The zero-order valence-corrected chi connectivity index (χ0v) is 10.1. The first-order valence-corrected chi connectivity index (χ1v) is 6.46. The van der Waals surface area contributed by atoms with E-state index in [2.05, 4.69) is 19.1 Å². The fraction of sp³-hybridized carbons (Fsp3) is 0.533. The molecule has 0 fully saturated rings. The number of Topliss-reactive ketones (excluding diaryl/α,β-unsaturated/α-hetero) is 1. The zero-order valence-electron chi connectivity index (χ0n) is 10.1. The van der Waals surface area contributed by atoms with Crippen LogP contribution in [0.4, 0.5) is 0 Å². The van der Waals surface area contributed by atoms with E-state index in [1.165, 1.54) is 30.4 Å². The van der Waals surface area contributed by atoms with Gasteiger partial charge in [0.25, 0.3) is 0 Å². The maximum Gasteiger partial charge on any atom is 0.162 e. The lowest BCUT2D eigenvalue weighted by molar-refractivity contribution is 0.0979. The monoisotopic (exact) mass is 216 g/mol. The molecule has 0 amide bonds. The SMILES string of the molecule is CCCCC(=O)c1ccc2c(c1)CCCC2. The maximum absolute atomic E-state index is 11.9. The van der Waals surface area contributed by atoms with E-state index in [4.69, 9.17) is 0 Å². The molecular formula is C15H20O. The Morgan fingerprint density at radius 2 is 1.94 bits per heavy atom. The molecule has 0 spiro atoms. The van der Waals surface area contributed by atoms with Crippen molar-refractivity contribution in [3.05, 3.63) is 34.9 Å². The van der Waals surface area contributed by atoms with Gasteiger partial charge in [0.05, 0.1) is 0 Å². The van der Waals surface area contributed by atoms with Crippen LogP contribution in [-0.4, -0.2) is 5.78 Å². The van der Waals surface area contributed by atoms with Crippen LogP contribution in [0.25, 0.3) is 0 Å². The lowest BCUT2D eigenvalue weighted by Gasteiger charge is -2.16. The number of carbonyl (C=O) groups excluding carboxylic acids is 1. The molecule has 1 heteroatoms. The largest absolute Gasteiger partial charge is 0.294 e. The van der Waals surface area contributed by atoms with Crippen LogP contribution in [0, 0.1) is 0 Å². The van der Waals surface area contributed by atoms with Gasteiger partial charge in [0.1, 0.15) is 0 Å². The predicted octanol–water partition coefficient (Wildman–Crippen LogP) is 3.94. The van der Waals surface area contributed by atoms with Crippen LogP contribution < -0.4 is 0 Å². The van der Waals surface area contributed by atoms with Crippen molar-refractivity contribution in [3.8, 4) is 0 Å². The van der Waals surface area contributed by atoms with Crippen LogP contribution >= 0.6 is 0 Å². The van der Waals surface area contributed by atoms with Crippen molar-refractivity contribution in [3.63, 3.8) is 0 Å². The van der Waals surface area contributed by atoms with Crippen molar-refractivity contribution in [2.45, 2.75) is 51.9 Å². The summed E-state index contributed by atoms with van der Waals surface area (Å²) in [6.45, 7) is 2.13. The third-order valence-electron chi connectivity index (χ3n) is 3.43. The Morgan fingerprint density at radius 1 is 1.19 bits per heavy atom. The van der Waals surface area contributed by atoms with Crippen molar-refractivity contribution in [1.29, 1.82) is 0 Å². The van der Waals surface area contributed by atoms with E-state index < -0.39 is 0 Å². The van der Waals surface area contributed by atoms with Crippen LogP contribution in [0.5, 0.6) is 0 Å². The summed E-state index contributed by atoms with van der Waals surface area (Å²) in [6.07, 6.45) is 7.74. The molecule has 0 bridgehead atoms. The molecule has 86 valence electrons. The van der Waals surface area contributed by atoms with E-state index in [0.717, 1.165) is 24.8 Å². The van der Waals surface area contributed by atoms with E-state index in [0.29, 0.717) is 12.2 Å². The minimum Gasteiger partial charge on any atom is -0.294 e. The van der Waals surface area contributed by atoms with E-state index in [1.54, 1.807) is 0 Å². The zero-order chi connectivity index (χ0) is 11.4. The molecule has 0 unspecified atom stereocenters. The Labute approximate surface area is 97.9 Å². The number of ketones is 1. The first-order valence-electron chi connectivity index (χ1n) is 6.46. The fourth-order valence-electron chi connectivity index (χ4n) is 2.39. The normalized spacial score (nSPS) is 14.6. The highest BCUT2D eigenvalue weighted by Gasteiger charge is 2.12. The van der Waals surface area contributed by atoms with Gasteiger partial charge in [-0.1, -0.05) is 25.5 Å². The molecule has 1 aliphatic carbocycles. The molecule has 0 aliphatic heterocycles. The van der Waals surface area contributed by atoms with Gasteiger partial charge in [-0.3, -0.25) is 4.79 Å². The number of rotatable bonds is 4. The summed E-state index contributed by atoms with van der Waals surface area (Å²) in [4.78, 5) is 11.9. The first kappa shape index (κ1) is 11.4. The van der Waals surface area contributed by atoms with E-state index >= 15 is 0 Å². The number of hydrogen-bond donors (Lipinski definition) is 0. The average Bonchev–Trinajstić information content (AvgIpc) is 2.35. The summed E-state index contributed by atoms with van der Waals surface area (Å²) < 4.78 is 0. The van der Waals surface area contributed by atoms with Gasteiger partial charge in [-0.2, -0.15) is 0 Å². The van der Waals surface area contributed by atoms with Crippen LogP contribution in [0.15, 0.2) is 18.2 Å². The molecule has 0 saturated heterocycles. The lowest BCUT2D eigenvalue weighted by atomic mass is 9.89. The summed E-state index contributed by atoms with van der Waals surface area (Å²) in [5.41, 5.74) is 3.79. The van der Waals surface area contributed by atoms with Gasteiger partial charge in [0.15, 0.2) is 5.78 Å². The minimum absolute atomic E-state index is 0.315. The van der Waals surface area contributed by atoms with Gasteiger partial charge in [0.2, 0.25) is 0 Å². The van der Waals surface area contributed by atoms with Gasteiger partial charge >= 0.3 is 0 Å². The average molecular weight is 216 g/mol. The number of hydrogen-bond acceptors (Lipinski definition) is 1. The molecule has 1 nitrogen and oxygen atoms in total. The third kappa shape index (κ3) is 2.52. The molecular weight excluding hydrogens is 196 g/mol. The number of carbonyl (C=O) groups is 1. The molecule has 0 saturated carbocycles. The van der Waals surface area contributed by atoms with Crippen LogP contribution in [0.2, 0.25) is 0 Å². The molecule has 0 N–H and O–H groups in total. The standard InChI is InChI=1S/C15H20O/c1-2-3-8-15(16)14-10-9-12-6-4-5-7-13(12)11-14/h9-11H,2-8H2,1H3. The summed E-state index contributed by atoms with van der Waals surface area (Å²) in [5.74, 6) is 0.315. The molecule has 0 aromatic heterocycles. The predicted molar refractivity (Wildman–Crippen MR) is 66.9 cm³/mol. The molecule has 1 aromatic carbocycles. The van der Waals surface area contributed by atoms with E-state index in [9.17, 15) is 4.79 Å². The number of aryl methyl sites for hydroxylation is 2. The Hall–Kier alpha value is -1.11. The molecule has 0 radical (unpaired) electrons. The molecule has 2 rings (SSSR count). The summed E-state index contributed by atoms with van der Waals surface area (Å²) in [6, 6.07) is 6.31. The highest BCUT2D eigenvalue weighted by atomic mass is 16.1. The Kier molecular flexibility index (Phi) is 3.76. The third-order valence-corrected chi connectivity index (χ3v) is 3.43. The van der Waals surface area contributed by atoms with Gasteiger partial charge in [-0.15, -0.1) is 0 Å². The highest BCUT2D eigenvalue weighted by Crippen LogP contribution is 2.22. The maximum atomic E-state index is 11.9. The van der Waals surface area contributed by atoms with E-state index in [-0.39, 0.29) is 0 Å². The van der Waals surface area contributed by atoms with Crippen LogP contribution in [0.3, 0.4) is 0 Å². The van der Waals surface area contributed by atoms with Crippen molar-refractivity contribution in [2.24, 2.45) is 0 Å². The minimum atomic E-state index is 0.315. The summed E-state index contributed by atoms with van der Waals surface area (Å²) >= 11 is 0. The number of benzene rings is 1. The molecule has 0 atom stereocenters. The van der Waals surface area contributed by atoms with Crippen LogP contribution in [-0.2, 0) is 12.8 Å². The van der Waals surface area contributed by atoms with Crippen molar-refractivity contribution in [1.82, 2.24) is 0 Å². The van der Waals surface area contributed by atoms with Gasteiger partial charge in [0, 0.05) is 12.0 Å². The Balaban J connectivity index is 2.13. The Morgan fingerprint density at radius 3 is 2.69 bits per heavy atom. The first-order chi connectivity index (χ1) is 7.81. The fourth-order valence-corrected chi connectivity index (χ4v) is 2.39. The lowest BCUT2D eigenvalue weighted by Crippen LogP contribution is -2.06. The molecule has 16 heavy (non-hydrogen) atoms. The van der Waals surface area contributed by atoms with Crippen molar-refractivity contribution in [2.75, 3.05) is 0 Å². The smallest absolute Gasteiger partial charge is 0.162 e. The molecule has 0 heterocycles. The second-order valence-electron chi connectivity index (χ2n) is 4.72. The highest BCUT2D eigenvalue weighted by molar-refractivity contribution is 5.96. The summed E-state index contributed by atoms with van der Waals surface area (Å²) in [7, 11) is 0. The van der Waals surface area contributed by atoms with Crippen molar-refractivity contribution < 1.29 is 4.79 Å². The molecule has 1 aliphatic rings.